The Labute approximate surface area is 181 Å². The van der Waals surface area contributed by atoms with Gasteiger partial charge in [-0.2, -0.15) is 0 Å². The molecule has 1 aliphatic heterocycles. The first-order chi connectivity index (χ1) is 15.0. The van der Waals surface area contributed by atoms with Crippen molar-refractivity contribution in [2.24, 2.45) is 5.73 Å². The third-order valence-corrected chi connectivity index (χ3v) is 5.65. The number of nitrogens with zero attached hydrogens (tertiary/aromatic N) is 3. The maximum absolute atomic E-state index is 13.2. The quantitative estimate of drug-likeness (QED) is 0.664. The second-order valence-electron chi connectivity index (χ2n) is 7.73. The number of benzene rings is 2. The largest absolute Gasteiger partial charge is 0.368 e. The summed E-state index contributed by atoms with van der Waals surface area (Å²) in [5, 5.41) is 0. The van der Waals surface area contributed by atoms with Gasteiger partial charge in [0, 0.05) is 23.9 Å². The van der Waals surface area contributed by atoms with Crippen LogP contribution in [-0.2, 0) is 11.2 Å². The molecular weight excluding hydrogens is 390 g/mol. The van der Waals surface area contributed by atoms with Crippen LogP contribution in [0.25, 0.3) is 11.1 Å². The van der Waals surface area contributed by atoms with Gasteiger partial charge in [-0.3, -0.25) is 9.59 Å². The lowest BCUT2D eigenvalue weighted by Crippen LogP contribution is -2.40. The van der Waals surface area contributed by atoms with Gasteiger partial charge in [-0.15, -0.1) is 0 Å². The number of likely N-dealkylation sites (tertiary alicyclic amines) is 1. The number of carbonyl (C=O) groups is 2. The molecule has 4 rings (SSSR count). The van der Waals surface area contributed by atoms with Crippen LogP contribution >= 0.6 is 0 Å². The molecule has 1 atom stereocenters. The molecule has 0 radical (unpaired) electrons. The standard InChI is InChI=1S/C24H25N5O2/c25-23(31)18-11-9-17(10-12-18)19-15-27-24(26)28-22(19)20-8-4-5-13-29(20)21(30)14-16-6-2-1-3-7-16/h1-3,6-7,9-12,15,20H,4-5,8,13-14H2,(H2,25,31)(H2,26,27,28)/t20-/m1/s1. The molecule has 4 N–H and O–H groups in total. The monoisotopic (exact) mass is 415 g/mol. The van der Waals surface area contributed by atoms with E-state index in [1.807, 2.05) is 47.4 Å². The minimum absolute atomic E-state index is 0.0723. The molecule has 0 unspecified atom stereocenters. The van der Waals surface area contributed by atoms with Crippen LogP contribution in [0.2, 0.25) is 0 Å². The molecular formula is C24H25N5O2. The zero-order valence-corrected chi connectivity index (χ0v) is 17.2. The van der Waals surface area contributed by atoms with Crippen molar-refractivity contribution in [1.29, 1.82) is 0 Å². The summed E-state index contributed by atoms with van der Waals surface area (Å²) in [6, 6.07) is 16.6. The van der Waals surface area contributed by atoms with Crippen molar-refractivity contribution < 1.29 is 9.59 Å². The number of hydrogen-bond donors (Lipinski definition) is 2. The van der Waals surface area contributed by atoms with Gasteiger partial charge in [0.05, 0.1) is 18.2 Å². The normalized spacial score (nSPS) is 16.1. The summed E-state index contributed by atoms with van der Waals surface area (Å²) in [7, 11) is 0. The van der Waals surface area contributed by atoms with E-state index in [4.69, 9.17) is 11.5 Å². The molecule has 2 heterocycles. The van der Waals surface area contributed by atoms with Gasteiger partial charge in [0.1, 0.15) is 0 Å². The minimum Gasteiger partial charge on any atom is -0.368 e. The number of aromatic nitrogens is 2. The van der Waals surface area contributed by atoms with Gasteiger partial charge in [-0.25, -0.2) is 9.97 Å². The molecule has 7 heteroatoms. The van der Waals surface area contributed by atoms with Gasteiger partial charge in [0.25, 0.3) is 0 Å². The number of rotatable bonds is 5. The molecule has 1 aromatic heterocycles. The zero-order chi connectivity index (χ0) is 21.8. The van der Waals surface area contributed by atoms with E-state index in [2.05, 4.69) is 9.97 Å². The molecule has 1 fully saturated rings. The molecule has 0 bridgehead atoms. The van der Waals surface area contributed by atoms with E-state index in [1.165, 1.54) is 0 Å². The first-order valence-corrected chi connectivity index (χ1v) is 10.4. The van der Waals surface area contributed by atoms with Crippen LogP contribution < -0.4 is 11.5 Å². The number of anilines is 1. The lowest BCUT2D eigenvalue weighted by atomic mass is 9.93. The van der Waals surface area contributed by atoms with Crippen molar-refractivity contribution in [3.05, 3.63) is 77.6 Å². The molecule has 2 amide bonds. The third-order valence-electron chi connectivity index (χ3n) is 5.65. The van der Waals surface area contributed by atoms with Crippen molar-refractivity contribution in [3.63, 3.8) is 0 Å². The minimum atomic E-state index is -0.481. The van der Waals surface area contributed by atoms with Crippen LogP contribution in [0.3, 0.4) is 0 Å². The summed E-state index contributed by atoms with van der Waals surface area (Å²) < 4.78 is 0. The summed E-state index contributed by atoms with van der Waals surface area (Å²) in [6.45, 7) is 0.681. The number of hydrogen-bond acceptors (Lipinski definition) is 5. The Balaban J connectivity index is 1.68. The predicted octanol–water partition coefficient (Wildman–Crippen LogP) is 3.12. The second-order valence-corrected chi connectivity index (χ2v) is 7.73. The molecule has 1 aliphatic rings. The Hall–Kier alpha value is -3.74. The van der Waals surface area contributed by atoms with E-state index in [0.717, 1.165) is 41.6 Å². The molecule has 0 aliphatic carbocycles. The zero-order valence-electron chi connectivity index (χ0n) is 17.2. The van der Waals surface area contributed by atoms with Crippen LogP contribution in [0.15, 0.2) is 60.8 Å². The fraction of sp³-hybridized carbons (Fsp3) is 0.250. The van der Waals surface area contributed by atoms with E-state index >= 15 is 0 Å². The number of nitrogen functional groups attached to an aromatic ring is 1. The van der Waals surface area contributed by atoms with E-state index in [-0.39, 0.29) is 17.9 Å². The highest BCUT2D eigenvalue weighted by Crippen LogP contribution is 2.36. The molecule has 31 heavy (non-hydrogen) atoms. The highest BCUT2D eigenvalue weighted by Gasteiger charge is 2.31. The van der Waals surface area contributed by atoms with Gasteiger partial charge in [0.15, 0.2) is 0 Å². The summed E-state index contributed by atoms with van der Waals surface area (Å²) in [5.74, 6) is -0.234. The van der Waals surface area contributed by atoms with Crippen LogP contribution in [0, 0.1) is 0 Å². The summed E-state index contributed by atoms with van der Waals surface area (Å²) in [6.07, 6.45) is 4.80. The molecule has 7 nitrogen and oxygen atoms in total. The molecule has 158 valence electrons. The van der Waals surface area contributed by atoms with Crippen LogP contribution in [0.1, 0.15) is 46.9 Å². The number of carbonyl (C=O) groups excluding carboxylic acids is 2. The average molecular weight is 415 g/mol. The van der Waals surface area contributed by atoms with E-state index in [0.29, 0.717) is 18.5 Å². The molecule has 0 saturated carbocycles. The lowest BCUT2D eigenvalue weighted by molar-refractivity contribution is -0.134. The Kier molecular flexibility index (Phi) is 5.93. The molecule has 0 spiro atoms. The summed E-state index contributed by atoms with van der Waals surface area (Å²) >= 11 is 0. The van der Waals surface area contributed by atoms with E-state index in [1.54, 1.807) is 18.3 Å². The molecule has 3 aromatic rings. The average Bonchev–Trinajstić information content (AvgIpc) is 2.80. The highest BCUT2D eigenvalue weighted by molar-refractivity contribution is 5.93. The number of primary amides is 1. The highest BCUT2D eigenvalue weighted by atomic mass is 16.2. The fourth-order valence-corrected chi connectivity index (χ4v) is 4.09. The maximum atomic E-state index is 13.2. The van der Waals surface area contributed by atoms with E-state index in [9.17, 15) is 9.59 Å². The molecule has 2 aromatic carbocycles. The van der Waals surface area contributed by atoms with Gasteiger partial charge in [0.2, 0.25) is 17.8 Å². The Morgan fingerprint density at radius 2 is 1.77 bits per heavy atom. The second kappa shape index (κ2) is 8.95. The van der Waals surface area contributed by atoms with E-state index < -0.39 is 5.91 Å². The van der Waals surface area contributed by atoms with Crippen molar-refractivity contribution >= 4 is 17.8 Å². The Bertz CT molecular complexity index is 1080. The third kappa shape index (κ3) is 4.55. The summed E-state index contributed by atoms with van der Waals surface area (Å²) in [4.78, 5) is 35.3. The van der Waals surface area contributed by atoms with Crippen molar-refractivity contribution in [2.45, 2.75) is 31.7 Å². The smallest absolute Gasteiger partial charge is 0.248 e. The Morgan fingerprint density at radius 3 is 2.48 bits per heavy atom. The first kappa shape index (κ1) is 20.5. The van der Waals surface area contributed by atoms with Gasteiger partial charge in [-0.1, -0.05) is 42.5 Å². The lowest BCUT2D eigenvalue weighted by Gasteiger charge is -2.36. The van der Waals surface area contributed by atoms with Crippen LogP contribution in [0.5, 0.6) is 0 Å². The first-order valence-electron chi connectivity index (χ1n) is 10.4. The van der Waals surface area contributed by atoms with Gasteiger partial charge >= 0.3 is 0 Å². The summed E-state index contributed by atoms with van der Waals surface area (Å²) in [5.41, 5.74) is 15.1. The number of piperidine rings is 1. The van der Waals surface area contributed by atoms with Gasteiger partial charge in [-0.05, 0) is 42.5 Å². The predicted molar refractivity (Wildman–Crippen MR) is 119 cm³/mol. The number of amides is 2. The topological polar surface area (TPSA) is 115 Å². The van der Waals surface area contributed by atoms with Crippen LogP contribution in [0.4, 0.5) is 5.95 Å². The SMILES string of the molecule is NC(=O)c1ccc(-c2cnc(N)nc2[C@H]2CCCCN2C(=O)Cc2ccccc2)cc1. The van der Waals surface area contributed by atoms with Crippen LogP contribution in [-0.4, -0.2) is 33.2 Å². The molecule has 1 saturated heterocycles. The van der Waals surface area contributed by atoms with Crippen molar-refractivity contribution in [1.82, 2.24) is 14.9 Å². The Morgan fingerprint density at radius 1 is 1.03 bits per heavy atom. The van der Waals surface area contributed by atoms with Gasteiger partial charge < -0.3 is 16.4 Å². The van der Waals surface area contributed by atoms with Crippen molar-refractivity contribution in [2.75, 3.05) is 12.3 Å². The maximum Gasteiger partial charge on any atom is 0.248 e. The number of nitrogens with two attached hydrogens (primary N) is 2. The fourth-order valence-electron chi connectivity index (χ4n) is 4.09. The van der Waals surface area contributed by atoms with Crippen molar-refractivity contribution in [3.8, 4) is 11.1 Å².